The highest BCUT2D eigenvalue weighted by molar-refractivity contribution is 5.76. The van der Waals surface area contributed by atoms with E-state index in [4.69, 9.17) is 0 Å². The van der Waals surface area contributed by atoms with Crippen molar-refractivity contribution in [1.82, 2.24) is 24.9 Å². The molecular formula is C22H23N7O. The van der Waals surface area contributed by atoms with Crippen LogP contribution in [0, 0.1) is 17.2 Å². The topological polar surface area (TPSA) is 93.8 Å². The average molecular weight is 401 g/mol. The van der Waals surface area contributed by atoms with E-state index in [-0.39, 0.29) is 11.8 Å². The van der Waals surface area contributed by atoms with Crippen molar-refractivity contribution in [3.63, 3.8) is 0 Å². The molecule has 8 nitrogen and oxygen atoms in total. The number of hydrogen-bond acceptors (Lipinski definition) is 5. The van der Waals surface area contributed by atoms with Gasteiger partial charge in [-0.25, -0.2) is 0 Å². The second-order valence-corrected chi connectivity index (χ2v) is 8.08. The fourth-order valence-corrected chi connectivity index (χ4v) is 4.47. The number of nitriles is 1. The van der Waals surface area contributed by atoms with Crippen LogP contribution in [0.15, 0.2) is 30.6 Å². The minimum atomic E-state index is -0.124. The monoisotopic (exact) mass is 401 g/mol. The third-order valence-electron chi connectivity index (χ3n) is 6.07. The van der Waals surface area contributed by atoms with Crippen molar-refractivity contribution in [1.29, 1.82) is 5.26 Å². The maximum atomic E-state index is 11.9. The summed E-state index contributed by atoms with van der Waals surface area (Å²) in [5.74, 6) is 0.774. The zero-order chi connectivity index (χ0) is 20.8. The molecule has 8 heteroatoms. The molecule has 0 saturated heterocycles. The third-order valence-corrected chi connectivity index (χ3v) is 6.07. The highest BCUT2D eigenvalue weighted by Gasteiger charge is 2.32. The molecule has 3 aromatic rings. The van der Waals surface area contributed by atoms with Gasteiger partial charge in [0.2, 0.25) is 5.91 Å². The van der Waals surface area contributed by atoms with Crippen LogP contribution < -0.4 is 4.90 Å². The molecular weight excluding hydrogens is 378 g/mol. The normalized spacial score (nSPS) is 18.0. The van der Waals surface area contributed by atoms with Gasteiger partial charge >= 0.3 is 0 Å². The fraction of sp³-hybridized carbons (Fsp3) is 0.364. The number of benzene rings is 1. The van der Waals surface area contributed by atoms with Crippen molar-refractivity contribution in [3.05, 3.63) is 47.4 Å². The van der Waals surface area contributed by atoms with Crippen molar-refractivity contribution in [2.24, 2.45) is 13.0 Å². The molecule has 0 fully saturated rings. The number of carbonyl (C=O) groups is 1. The predicted molar refractivity (Wildman–Crippen MR) is 112 cm³/mol. The first-order chi connectivity index (χ1) is 14.5. The van der Waals surface area contributed by atoms with E-state index in [0.717, 1.165) is 45.9 Å². The number of fused-ring (bicyclic) bond motifs is 2. The summed E-state index contributed by atoms with van der Waals surface area (Å²) in [4.78, 5) is 15.9. The first-order valence-electron chi connectivity index (χ1n) is 10.1. The van der Waals surface area contributed by atoms with Crippen LogP contribution >= 0.6 is 0 Å². The molecule has 1 unspecified atom stereocenters. The molecule has 152 valence electrons. The van der Waals surface area contributed by atoms with Crippen LogP contribution in [0.5, 0.6) is 0 Å². The fourth-order valence-electron chi connectivity index (χ4n) is 4.47. The van der Waals surface area contributed by atoms with Crippen LogP contribution in [-0.4, -0.2) is 43.9 Å². The van der Waals surface area contributed by atoms with Crippen molar-refractivity contribution < 1.29 is 4.79 Å². The van der Waals surface area contributed by atoms with E-state index in [9.17, 15) is 10.1 Å². The van der Waals surface area contributed by atoms with Gasteiger partial charge in [-0.15, -0.1) is 0 Å². The Morgan fingerprint density at radius 3 is 2.93 bits per heavy atom. The number of aromatic nitrogens is 4. The van der Waals surface area contributed by atoms with E-state index in [1.807, 2.05) is 24.3 Å². The van der Waals surface area contributed by atoms with Gasteiger partial charge in [0.1, 0.15) is 0 Å². The highest BCUT2D eigenvalue weighted by atomic mass is 16.2. The van der Waals surface area contributed by atoms with Crippen LogP contribution in [0.1, 0.15) is 23.7 Å². The molecule has 2 aromatic heterocycles. The van der Waals surface area contributed by atoms with Gasteiger partial charge in [-0.05, 0) is 29.7 Å². The number of aromatic amines is 1. The largest absolute Gasteiger partial charge is 0.338 e. The first-order valence-corrected chi connectivity index (χ1v) is 10.1. The van der Waals surface area contributed by atoms with E-state index < -0.39 is 0 Å². The van der Waals surface area contributed by atoms with Gasteiger partial charge in [0.05, 0.1) is 24.7 Å². The van der Waals surface area contributed by atoms with Crippen LogP contribution in [0.3, 0.4) is 0 Å². The summed E-state index contributed by atoms with van der Waals surface area (Å²) in [6.45, 7) is 3.45. The number of hydrogen-bond donors (Lipinski definition) is 1. The zero-order valence-electron chi connectivity index (χ0n) is 17.1. The predicted octanol–water partition coefficient (Wildman–Crippen LogP) is 2.55. The molecule has 0 saturated carbocycles. The molecule has 1 amide bonds. The number of nitrogens with zero attached hydrogens (tertiary/aromatic N) is 6. The quantitative estimate of drug-likeness (QED) is 0.712. The van der Waals surface area contributed by atoms with Crippen molar-refractivity contribution in [2.45, 2.75) is 26.3 Å². The maximum absolute atomic E-state index is 11.9. The van der Waals surface area contributed by atoms with Crippen LogP contribution in [0.25, 0.3) is 11.1 Å². The molecule has 0 radical (unpaired) electrons. The summed E-state index contributed by atoms with van der Waals surface area (Å²) in [7, 11) is 1.90. The molecule has 30 heavy (non-hydrogen) atoms. The average Bonchev–Trinajstić information content (AvgIpc) is 3.38. The highest BCUT2D eigenvalue weighted by Crippen LogP contribution is 2.39. The number of H-pyrrole nitrogens is 1. The minimum Gasteiger partial charge on any atom is -0.338 e. The molecule has 2 aliphatic heterocycles. The summed E-state index contributed by atoms with van der Waals surface area (Å²) >= 11 is 0. The molecule has 1 aromatic carbocycles. The lowest BCUT2D eigenvalue weighted by Gasteiger charge is -2.34. The van der Waals surface area contributed by atoms with Crippen molar-refractivity contribution >= 4 is 17.4 Å². The number of anilines is 2. The lowest BCUT2D eigenvalue weighted by molar-refractivity contribution is -0.129. The standard InChI is InChI=1S/C22H23N7O/c1-14(30)28-6-5-20-19(13-28)22(26-25-20)29-11-15(9-23)7-17-8-16(3-4-21(17)29)18-10-24-27(2)12-18/h3-4,8,10,12,15H,5-7,11,13H2,1-2H3,(H,25,26). The zero-order valence-corrected chi connectivity index (χ0v) is 17.1. The van der Waals surface area contributed by atoms with E-state index in [1.165, 1.54) is 0 Å². The minimum absolute atomic E-state index is 0.0721. The Bertz CT molecular complexity index is 1170. The Kier molecular flexibility index (Phi) is 4.31. The maximum Gasteiger partial charge on any atom is 0.219 e. The van der Waals surface area contributed by atoms with E-state index in [1.54, 1.807) is 11.6 Å². The number of carbonyl (C=O) groups excluding carboxylic acids is 1. The molecule has 1 N–H and O–H groups in total. The Labute approximate surface area is 174 Å². The van der Waals surface area contributed by atoms with Crippen LogP contribution in [0.4, 0.5) is 11.5 Å². The summed E-state index contributed by atoms with van der Waals surface area (Å²) < 4.78 is 1.79. The first kappa shape index (κ1) is 18.4. The summed E-state index contributed by atoms with van der Waals surface area (Å²) in [5.41, 5.74) is 6.48. The van der Waals surface area contributed by atoms with Crippen LogP contribution in [0.2, 0.25) is 0 Å². The second kappa shape index (κ2) is 7.02. The van der Waals surface area contributed by atoms with Gasteiger partial charge in [0.15, 0.2) is 5.82 Å². The van der Waals surface area contributed by atoms with E-state index in [0.29, 0.717) is 26.1 Å². The third kappa shape index (κ3) is 3.03. The van der Waals surface area contributed by atoms with Gasteiger partial charge in [-0.2, -0.15) is 15.5 Å². The SMILES string of the molecule is CC(=O)N1CCc2[nH]nc(N3CC(C#N)Cc4cc(-c5cnn(C)c5)ccc43)c2C1. The van der Waals surface area contributed by atoms with Gasteiger partial charge in [-0.3, -0.25) is 14.6 Å². The molecule has 4 heterocycles. The lowest BCUT2D eigenvalue weighted by Crippen LogP contribution is -2.36. The molecule has 2 aliphatic rings. The van der Waals surface area contributed by atoms with Gasteiger partial charge in [0, 0.05) is 62.2 Å². The Morgan fingerprint density at radius 1 is 1.33 bits per heavy atom. The second-order valence-electron chi connectivity index (χ2n) is 8.08. The van der Waals surface area contributed by atoms with E-state index in [2.05, 4.69) is 44.5 Å². The van der Waals surface area contributed by atoms with Crippen LogP contribution in [-0.2, 0) is 31.2 Å². The summed E-state index contributed by atoms with van der Waals surface area (Å²) in [6.07, 6.45) is 5.32. The number of nitrogens with one attached hydrogen (secondary N) is 1. The van der Waals surface area contributed by atoms with Gasteiger partial charge in [0.25, 0.3) is 0 Å². The number of rotatable bonds is 2. The molecule has 0 bridgehead atoms. The van der Waals surface area contributed by atoms with Gasteiger partial charge in [-0.1, -0.05) is 6.07 Å². The van der Waals surface area contributed by atoms with E-state index >= 15 is 0 Å². The summed E-state index contributed by atoms with van der Waals surface area (Å²) in [5, 5.41) is 21.7. The smallest absolute Gasteiger partial charge is 0.219 e. The molecule has 0 aliphatic carbocycles. The Hall–Kier alpha value is -3.60. The van der Waals surface area contributed by atoms with Gasteiger partial charge < -0.3 is 9.80 Å². The van der Waals surface area contributed by atoms with Crippen molar-refractivity contribution in [2.75, 3.05) is 18.0 Å². The Morgan fingerprint density at radius 2 is 2.20 bits per heavy atom. The lowest BCUT2D eigenvalue weighted by atomic mass is 9.91. The molecule has 5 rings (SSSR count). The molecule has 0 spiro atoms. The number of aryl methyl sites for hydroxylation is 1. The number of amides is 1. The molecule has 1 atom stereocenters. The summed E-state index contributed by atoms with van der Waals surface area (Å²) in [6, 6.07) is 8.81. The Balaban J connectivity index is 1.56. The van der Waals surface area contributed by atoms with Crippen molar-refractivity contribution in [3.8, 4) is 17.2 Å².